The van der Waals surface area contributed by atoms with Gasteiger partial charge in [-0.05, 0) is 13.0 Å². The Bertz CT molecular complexity index is 751. The van der Waals surface area contributed by atoms with Gasteiger partial charge in [-0.1, -0.05) is 23.2 Å². The Morgan fingerprint density at radius 3 is 2.80 bits per heavy atom. The lowest BCUT2D eigenvalue weighted by molar-refractivity contribution is 0.659. The van der Waals surface area contributed by atoms with Crippen molar-refractivity contribution in [1.29, 1.82) is 0 Å². The van der Waals surface area contributed by atoms with Gasteiger partial charge in [-0.25, -0.2) is 0 Å². The van der Waals surface area contributed by atoms with Crippen LogP contribution in [0.2, 0.25) is 10.0 Å². The van der Waals surface area contributed by atoms with Crippen LogP contribution in [0, 0.1) is 0 Å². The highest BCUT2D eigenvalue weighted by atomic mass is 35.5. The largest absolute Gasteiger partial charge is 0.378 e. The van der Waals surface area contributed by atoms with Crippen molar-refractivity contribution in [2.75, 3.05) is 5.32 Å². The summed E-state index contributed by atoms with van der Waals surface area (Å²) in [5.41, 5.74) is 3.21. The predicted octanol–water partition coefficient (Wildman–Crippen LogP) is 3.83. The minimum absolute atomic E-state index is 0.517. The molecule has 2 aromatic heterocycles. The number of benzene rings is 1. The molecule has 3 aromatic rings. The molecule has 0 aliphatic carbocycles. The molecule has 0 saturated heterocycles. The molecule has 0 atom stereocenters. The summed E-state index contributed by atoms with van der Waals surface area (Å²) in [5.74, 6) is 0. The van der Waals surface area contributed by atoms with Gasteiger partial charge in [0.05, 0.1) is 33.7 Å². The molecule has 3 rings (SSSR count). The molecule has 0 bridgehead atoms. The fourth-order valence-electron chi connectivity index (χ4n) is 1.90. The summed E-state index contributed by atoms with van der Waals surface area (Å²) in [6, 6.07) is 1.69. The van der Waals surface area contributed by atoms with E-state index in [2.05, 4.69) is 19.2 Å². The van der Waals surface area contributed by atoms with Crippen molar-refractivity contribution in [1.82, 2.24) is 18.5 Å². The molecule has 0 aliphatic heterocycles. The van der Waals surface area contributed by atoms with Crippen molar-refractivity contribution in [3.8, 4) is 0 Å². The normalized spacial score (nSPS) is 11.2. The van der Waals surface area contributed by atoms with Crippen LogP contribution in [0.25, 0.3) is 11.0 Å². The molecular formula is C12H11Cl2N5S. The lowest BCUT2D eigenvalue weighted by Crippen LogP contribution is -2.00. The van der Waals surface area contributed by atoms with Crippen LogP contribution in [-0.2, 0) is 13.1 Å². The molecule has 5 nitrogen and oxygen atoms in total. The average Bonchev–Trinajstić information content (AvgIpc) is 3.06. The van der Waals surface area contributed by atoms with Gasteiger partial charge in [0.1, 0.15) is 11.0 Å². The first-order chi connectivity index (χ1) is 9.69. The number of aromatic nitrogens is 4. The maximum absolute atomic E-state index is 6.23. The fourth-order valence-corrected chi connectivity index (χ4v) is 3.08. The van der Waals surface area contributed by atoms with Gasteiger partial charge in [-0.15, -0.1) is 0 Å². The van der Waals surface area contributed by atoms with E-state index < -0.39 is 0 Å². The van der Waals surface area contributed by atoms with Crippen LogP contribution in [0.3, 0.4) is 0 Å². The van der Waals surface area contributed by atoms with Gasteiger partial charge in [0.15, 0.2) is 0 Å². The van der Waals surface area contributed by atoms with Crippen molar-refractivity contribution in [3.63, 3.8) is 0 Å². The zero-order valence-electron chi connectivity index (χ0n) is 10.6. The van der Waals surface area contributed by atoms with E-state index in [1.807, 2.05) is 24.0 Å². The molecule has 0 radical (unpaired) electrons. The molecule has 1 N–H and O–H groups in total. The minimum Gasteiger partial charge on any atom is -0.378 e. The first kappa shape index (κ1) is 13.6. The molecule has 0 aliphatic rings. The summed E-state index contributed by atoms with van der Waals surface area (Å²) < 4.78 is 10.3. The first-order valence-electron chi connectivity index (χ1n) is 6.04. The summed E-state index contributed by atoms with van der Waals surface area (Å²) in [6.07, 6.45) is 3.82. The van der Waals surface area contributed by atoms with Gasteiger partial charge in [-0.2, -0.15) is 13.8 Å². The number of nitrogens with zero attached hydrogens (tertiary/aromatic N) is 4. The Labute approximate surface area is 129 Å². The minimum atomic E-state index is 0.517. The van der Waals surface area contributed by atoms with E-state index in [1.54, 1.807) is 6.07 Å². The van der Waals surface area contributed by atoms with Crippen LogP contribution in [0.4, 0.5) is 5.69 Å². The molecule has 104 valence electrons. The third-order valence-corrected chi connectivity index (χ3v) is 4.04. The van der Waals surface area contributed by atoms with E-state index in [-0.39, 0.29) is 0 Å². The van der Waals surface area contributed by atoms with Crippen LogP contribution < -0.4 is 5.32 Å². The van der Waals surface area contributed by atoms with Crippen molar-refractivity contribution in [2.24, 2.45) is 0 Å². The lowest BCUT2D eigenvalue weighted by atomic mass is 10.2. The molecule has 0 spiro atoms. The van der Waals surface area contributed by atoms with Crippen LogP contribution >= 0.6 is 34.9 Å². The van der Waals surface area contributed by atoms with Gasteiger partial charge in [-0.3, -0.25) is 4.68 Å². The van der Waals surface area contributed by atoms with Gasteiger partial charge in [0.2, 0.25) is 0 Å². The van der Waals surface area contributed by atoms with E-state index >= 15 is 0 Å². The van der Waals surface area contributed by atoms with Gasteiger partial charge < -0.3 is 5.32 Å². The number of hydrogen-bond acceptors (Lipinski definition) is 5. The third kappa shape index (κ3) is 2.46. The zero-order valence-corrected chi connectivity index (χ0v) is 12.9. The number of hydrogen-bond donors (Lipinski definition) is 1. The van der Waals surface area contributed by atoms with Crippen LogP contribution in [-0.4, -0.2) is 18.5 Å². The van der Waals surface area contributed by atoms with E-state index in [1.165, 1.54) is 0 Å². The molecule has 0 fully saturated rings. The topological polar surface area (TPSA) is 55.6 Å². The van der Waals surface area contributed by atoms with Crippen LogP contribution in [0.1, 0.15) is 12.5 Å². The Morgan fingerprint density at radius 1 is 1.25 bits per heavy atom. The van der Waals surface area contributed by atoms with Gasteiger partial charge >= 0.3 is 0 Å². The van der Waals surface area contributed by atoms with Crippen LogP contribution in [0.15, 0.2) is 18.5 Å². The van der Waals surface area contributed by atoms with E-state index in [0.29, 0.717) is 27.6 Å². The summed E-state index contributed by atoms with van der Waals surface area (Å²) in [7, 11) is 0. The highest BCUT2D eigenvalue weighted by Crippen LogP contribution is 2.35. The Morgan fingerprint density at radius 2 is 2.05 bits per heavy atom. The molecule has 0 saturated carbocycles. The SMILES string of the molecule is CCn1cc(CNc2c(Cl)cc(Cl)c3nsnc23)cn1. The van der Waals surface area contributed by atoms with Crippen LogP contribution in [0.5, 0.6) is 0 Å². The maximum atomic E-state index is 6.23. The van der Waals surface area contributed by atoms with Crippen molar-refractivity contribution in [3.05, 3.63) is 34.1 Å². The Kier molecular flexibility index (Phi) is 3.78. The van der Waals surface area contributed by atoms with Gasteiger partial charge in [0, 0.05) is 24.8 Å². The molecule has 0 amide bonds. The first-order valence-corrected chi connectivity index (χ1v) is 7.53. The fraction of sp³-hybridized carbons (Fsp3) is 0.250. The molecule has 1 aromatic carbocycles. The maximum Gasteiger partial charge on any atom is 0.130 e. The van der Waals surface area contributed by atoms with Crippen molar-refractivity contribution in [2.45, 2.75) is 20.0 Å². The number of rotatable bonds is 4. The summed E-state index contributed by atoms with van der Waals surface area (Å²) in [6.45, 7) is 3.51. The highest BCUT2D eigenvalue weighted by molar-refractivity contribution is 7.00. The van der Waals surface area contributed by atoms with Crippen molar-refractivity contribution < 1.29 is 0 Å². The van der Waals surface area contributed by atoms with E-state index in [0.717, 1.165) is 29.5 Å². The van der Waals surface area contributed by atoms with E-state index in [4.69, 9.17) is 23.2 Å². The monoisotopic (exact) mass is 327 g/mol. The molecule has 8 heteroatoms. The van der Waals surface area contributed by atoms with Gasteiger partial charge in [0.25, 0.3) is 0 Å². The molecule has 20 heavy (non-hydrogen) atoms. The zero-order chi connectivity index (χ0) is 14.1. The Balaban J connectivity index is 1.89. The lowest BCUT2D eigenvalue weighted by Gasteiger charge is -2.08. The molecule has 2 heterocycles. The second kappa shape index (κ2) is 5.55. The number of aryl methyl sites for hydroxylation is 1. The average molecular weight is 328 g/mol. The number of nitrogens with one attached hydrogen (secondary N) is 1. The summed E-state index contributed by atoms with van der Waals surface area (Å²) in [4.78, 5) is 0. The van der Waals surface area contributed by atoms with E-state index in [9.17, 15) is 0 Å². The predicted molar refractivity (Wildman–Crippen MR) is 82.7 cm³/mol. The number of fused-ring (bicyclic) bond motifs is 1. The third-order valence-electron chi connectivity index (χ3n) is 2.92. The standard InChI is InChI=1S/C12H11Cl2N5S/c1-2-19-6-7(5-16-19)4-15-10-8(13)3-9(14)11-12(10)18-20-17-11/h3,5-6,15H,2,4H2,1H3. The Hall–Kier alpha value is -1.37. The quantitative estimate of drug-likeness (QED) is 0.791. The summed E-state index contributed by atoms with van der Waals surface area (Å²) in [5, 5.41) is 8.57. The second-order valence-electron chi connectivity index (χ2n) is 4.23. The number of halogens is 2. The molecular weight excluding hydrogens is 317 g/mol. The second-order valence-corrected chi connectivity index (χ2v) is 5.58. The van der Waals surface area contributed by atoms with Crippen molar-refractivity contribution >= 4 is 51.7 Å². The number of anilines is 1. The summed E-state index contributed by atoms with van der Waals surface area (Å²) >= 11 is 13.4. The highest BCUT2D eigenvalue weighted by Gasteiger charge is 2.13. The molecule has 0 unspecified atom stereocenters. The smallest absolute Gasteiger partial charge is 0.130 e.